The average Bonchev–Trinajstić information content (AvgIpc) is 2.94. The van der Waals surface area contributed by atoms with Crippen molar-refractivity contribution < 1.29 is 13.6 Å². The average molecular weight is 359 g/mol. The van der Waals surface area contributed by atoms with Crippen LogP contribution in [-0.2, 0) is 4.79 Å². The molecule has 24 heavy (non-hydrogen) atoms. The van der Waals surface area contributed by atoms with Crippen LogP contribution in [0.15, 0.2) is 30.3 Å². The fourth-order valence-corrected chi connectivity index (χ4v) is 3.90. The third-order valence-corrected chi connectivity index (χ3v) is 5.21. The smallest absolute Gasteiger partial charge is 0.262 e. The Bertz CT molecular complexity index is 555. The van der Waals surface area contributed by atoms with Gasteiger partial charge >= 0.3 is 0 Å². The molecule has 3 unspecified atom stereocenters. The molecule has 134 valence electrons. The van der Waals surface area contributed by atoms with E-state index < -0.39 is 12.0 Å². The van der Waals surface area contributed by atoms with Gasteiger partial charge in [0.1, 0.15) is 0 Å². The highest BCUT2D eigenvalue weighted by Crippen LogP contribution is 2.35. The van der Waals surface area contributed by atoms with E-state index in [0.29, 0.717) is 24.9 Å². The van der Waals surface area contributed by atoms with Crippen molar-refractivity contribution in [3.05, 3.63) is 35.9 Å². The molecule has 2 aliphatic heterocycles. The normalized spacial score (nSPS) is 29.1. The van der Waals surface area contributed by atoms with Crippen LogP contribution in [0.2, 0.25) is 0 Å². The summed E-state index contributed by atoms with van der Waals surface area (Å²) in [7, 11) is 0. The highest BCUT2D eigenvalue weighted by molar-refractivity contribution is 5.85. The number of likely N-dealkylation sites (tertiary alicyclic amines) is 1. The van der Waals surface area contributed by atoms with Gasteiger partial charge in [0.25, 0.3) is 5.92 Å². The van der Waals surface area contributed by atoms with Gasteiger partial charge in [-0.3, -0.25) is 10.1 Å². The summed E-state index contributed by atoms with van der Waals surface area (Å²) >= 11 is 0. The van der Waals surface area contributed by atoms with Crippen LogP contribution >= 0.6 is 12.4 Å². The molecule has 0 bridgehead atoms. The number of carbonyl (C=O) groups excluding carboxylic acids is 1. The molecule has 0 radical (unpaired) electrons. The SMILES string of the molecule is CCC1CN(C(=O)C2CC(F)(F)CN2)CCC1c1ccccc1.Cl. The van der Waals surface area contributed by atoms with Gasteiger partial charge < -0.3 is 4.90 Å². The number of halogens is 3. The molecule has 2 aliphatic rings. The van der Waals surface area contributed by atoms with Crippen molar-refractivity contribution in [3.8, 4) is 0 Å². The summed E-state index contributed by atoms with van der Waals surface area (Å²) in [5.74, 6) is -2.08. The third-order valence-electron chi connectivity index (χ3n) is 5.21. The topological polar surface area (TPSA) is 32.3 Å². The number of alkyl halides is 2. The summed E-state index contributed by atoms with van der Waals surface area (Å²) in [6.45, 7) is 3.06. The Morgan fingerprint density at radius 1 is 1.33 bits per heavy atom. The minimum atomic E-state index is -2.76. The van der Waals surface area contributed by atoms with E-state index >= 15 is 0 Å². The minimum Gasteiger partial charge on any atom is -0.341 e. The Labute approximate surface area is 148 Å². The summed E-state index contributed by atoms with van der Waals surface area (Å²) in [6, 6.07) is 9.66. The highest BCUT2D eigenvalue weighted by atomic mass is 35.5. The Morgan fingerprint density at radius 2 is 2.04 bits per heavy atom. The molecule has 2 fully saturated rings. The zero-order chi connectivity index (χ0) is 16.4. The van der Waals surface area contributed by atoms with Gasteiger partial charge in [0, 0.05) is 19.5 Å². The lowest BCUT2D eigenvalue weighted by atomic mass is 9.79. The molecule has 0 saturated carbocycles. The number of nitrogens with zero attached hydrogens (tertiary/aromatic N) is 1. The van der Waals surface area contributed by atoms with Gasteiger partial charge in [-0.15, -0.1) is 12.4 Å². The predicted octanol–water partition coefficient (Wildman–Crippen LogP) is 3.45. The van der Waals surface area contributed by atoms with Crippen molar-refractivity contribution in [2.45, 2.75) is 44.1 Å². The molecule has 3 atom stereocenters. The molecule has 0 aliphatic carbocycles. The lowest BCUT2D eigenvalue weighted by Crippen LogP contribution is -2.49. The first-order valence-corrected chi connectivity index (χ1v) is 8.45. The van der Waals surface area contributed by atoms with E-state index in [2.05, 4.69) is 24.4 Å². The molecule has 1 N–H and O–H groups in total. The Hall–Kier alpha value is -1.20. The molecule has 2 heterocycles. The lowest BCUT2D eigenvalue weighted by Gasteiger charge is -2.39. The number of hydrogen-bond donors (Lipinski definition) is 1. The van der Waals surface area contributed by atoms with E-state index in [1.54, 1.807) is 4.90 Å². The molecule has 0 spiro atoms. The first kappa shape index (κ1) is 19.1. The molecule has 1 aromatic rings. The van der Waals surface area contributed by atoms with Crippen LogP contribution in [0, 0.1) is 5.92 Å². The maximum Gasteiger partial charge on any atom is 0.262 e. The van der Waals surface area contributed by atoms with Gasteiger partial charge in [-0.2, -0.15) is 0 Å². The Morgan fingerprint density at radius 3 is 2.62 bits per heavy atom. The maximum atomic E-state index is 13.3. The van der Waals surface area contributed by atoms with Crippen molar-refractivity contribution >= 4 is 18.3 Å². The van der Waals surface area contributed by atoms with Gasteiger partial charge in [-0.25, -0.2) is 8.78 Å². The van der Waals surface area contributed by atoms with E-state index in [9.17, 15) is 13.6 Å². The fourth-order valence-electron chi connectivity index (χ4n) is 3.90. The van der Waals surface area contributed by atoms with E-state index in [0.717, 1.165) is 12.8 Å². The zero-order valence-electron chi connectivity index (χ0n) is 13.9. The van der Waals surface area contributed by atoms with Crippen LogP contribution < -0.4 is 5.32 Å². The summed E-state index contributed by atoms with van der Waals surface area (Å²) in [5.41, 5.74) is 1.32. The number of carbonyl (C=O) groups is 1. The highest BCUT2D eigenvalue weighted by Gasteiger charge is 2.44. The second kappa shape index (κ2) is 7.79. The Kier molecular flexibility index (Phi) is 6.21. The van der Waals surface area contributed by atoms with Crippen LogP contribution in [-0.4, -0.2) is 42.4 Å². The summed E-state index contributed by atoms with van der Waals surface area (Å²) in [4.78, 5) is 14.3. The van der Waals surface area contributed by atoms with Crippen LogP contribution in [0.3, 0.4) is 0 Å². The third kappa shape index (κ3) is 4.06. The molecule has 1 aromatic carbocycles. The first-order valence-electron chi connectivity index (χ1n) is 8.45. The van der Waals surface area contributed by atoms with Crippen LogP contribution in [0.1, 0.15) is 37.7 Å². The standard InChI is InChI=1S/C18H24F2N2O.ClH/c1-2-13-11-22(17(23)16-10-18(19,20)12-21-16)9-8-15(13)14-6-4-3-5-7-14;/h3-7,13,15-16,21H,2,8-12H2,1H3;1H. The molecule has 0 aromatic heterocycles. The van der Waals surface area contributed by atoms with Crippen molar-refractivity contribution in [2.24, 2.45) is 5.92 Å². The molecular formula is C18H25ClF2N2O. The number of piperidine rings is 1. The maximum absolute atomic E-state index is 13.3. The van der Waals surface area contributed by atoms with Crippen molar-refractivity contribution in [2.75, 3.05) is 19.6 Å². The summed E-state index contributed by atoms with van der Waals surface area (Å²) in [5, 5.41) is 2.68. The number of rotatable bonds is 3. The van der Waals surface area contributed by atoms with E-state index in [-0.39, 0.29) is 31.3 Å². The second-order valence-electron chi connectivity index (χ2n) is 6.75. The van der Waals surface area contributed by atoms with Crippen LogP contribution in [0.5, 0.6) is 0 Å². The second-order valence-corrected chi connectivity index (χ2v) is 6.75. The minimum absolute atomic E-state index is 0. The van der Waals surface area contributed by atoms with E-state index in [1.807, 2.05) is 18.2 Å². The number of hydrogen-bond acceptors (Lipinski definition) is 2. The molecule has 6 heteroatoms. The van der Waals surface area contributed by atoms with Crippen LogP contribution in [0.25, 0.3) is 0 Å². The molecule has 3 rings (SSSR count). The quantitative estimate of drug-likeness (QED) is 0.897. The van der Waals surface area contributed by atoms with Gasteiger partial charge in [0.2, 0.25) is 5.91 Å². The molecule has 3 nitrogen and oxygen atoms in total. The lowest BCUT2D eigenvalue weighted by molar-refractivity contribution is -0.135. The molecule has 1 amide bonds. The molecule has 2 saturated heterocycles. The largest absolute Gasteiger partial charge is 0.341 e. The summed E-state index contributed by atoms with van der Waals surface area (Å²) < 4.78 is 26.6. The number of benzene rings is 1. The first-order chi connectivity index (χ1) is 11.0. The predicted molar refractivity (Wildman–Crippen MR) is 92.8 cm³/mol. The van der Waals surface area contributed by atoms with Gasteiger partial charge in [-0.1, -0.05) is 43.7 Å². The van der Waals surface area contributed by atoms with Gasteiger partial charge in [0.15, 0.2) is 0 Å². The van der Waals surface area contributed by atoms with Crippen LogP contribution in [0.4, 0.5) is 8.78 Å². The van der Waals surface area contributed by atoms with Crippen molar-refractivity contribution in [3.63, 3.8) is 0 Å². The molecular weight excluding hydrogens is 334 g/mol. The fraction of sp³-hybridized carbons (Fsp3) is 0.611. The van der Waals surface area contributed by atoms with E-state index in [4.69, 9.17) is 0 Å². The number of amides is 1. The Balaban J connectivity index is 0.00000208. The van der Waals surface area contributed by atoms with Crippen molar-refractivity contribution in [1.82, 2.24) is 10.2 Å². The van der Waals surface area contributed by atoms with Gasteiger partial charge in [-0.05, 0) is 23.8 Å². The monoisotopic (exact) mass is 358 g/mol. The number of nitrogens with one attached hydrogen (secondary N) is 1. The van der Waals surface area contributed by atoms with Crippen molar-refractivity contribution in [1.29, 1.82) is 0 Å². The van der Waals surface area contributed by atoms with E-state index in [1.165, 1.54) is 5.56 Å². The zero-order valence-corrected chi connectivity index (χ0v) is 14.7. The van der Waals surface area contributed by atoms with Gasteiger partial charge in [0.05, 0.1) is 12.6 Å². The summed E-state index contributed by atoms with van der Waals surface area (Å²) in [6.07, 6.45) is 1.51.